The summed E-state index contributed by atoms with van der Waals surface area (Å²) in [6.45, 7) is 14.7. The molecular formula is C20H35IN6O2. The Morgan fingerprint density at radius 1 is 1.14 bits per heavy atom. The number of likely N-dealkylation sites (tertiary alicyclic amines) is 1. The van der Waals surface area contributed by atoms with Crippen LogP contribution >= 0.6 is 24.0 Å². The van der Waals surface area contributed by atoms with Crippen molar-refractivity contribution in [2.75, 3.05) is 45.8 Å². The van der Waals surface area contributed by atoms with Crippen molar-refractivity contribution >= 4 is 35.8 Å². The Balaban J connectivity index is 0.00000300. The molecule has 2 aliphatic heterocycles. The highest BCUT2D eigenvalue weighted by atomic mass is 127. The molecule has 0 radical (unpaired) electrons. The van der Waals surface area contributed by atoms with Gasteiger partial charge in [0.25, 0.3) is 0 Å². The molecule has 164 valence electrons. The fourth-order valence-corrected chi connectivity index (χ4v) is 3.99. The van der Waals surface area contributed by atoms with Gasteiger partial charge in [-0.2, -0.15) is 0 Å². The van der Waals surface area contributed by atoms with E-state index in [1.807, 2.05) is 25.7 Å². The van der Waals surface area contributed by atoms with E-state index >= 15 is 0 Å². The third-order valence-electron chi connectivity index (χ3n) is 5.84. The van der Waals surface area contributed by atoms with Crippen LogP contribution in [-0.4, -0.2) is 83.6 Å². The highest BCUT2D eigenvalue weighted by Gasteiger charge is 2.30. The summed E-state index contributed by atoms with van der Waals surface area (Å²) in [6, 6.07) is -0.0397. The monoisotopic (exact) mass is 518 g/mol. The summed E-state index contributed by atoms with van der Waals surface area (Å²) < 4.78 is 5.24. The molecule has 2 saturated heterocycles. The first-order valence-corrected chi connectivity index (χ1v) is 10.5. The Labute approximate surface area is 191 Å². The Bertz CT molecular complexity index is 674. The number of aliphatic imine (C=N–C) groups is 1. The van der Waals surface area contributed by atoms with Gasteiger partial charge in [-0.25, -0.2) is 4.99 Å². The molecule has 0 aliphatic carbocycles. The van der Waals surface area contributed by atoms with E-state index in [4.69, 9.17) is 9.52 Å². The number of halogens is 1. The number of hydrogen-bond acceptors (Lipinski definition) is 5. The van der Waals surface area contributed by atoms with Crippen LogP contribution in [0.3, 0.4) is 0 Å². The predicted molar refractivity (Wildman–Crippen MR) is 125 cm³/mol. The average Bonchev–Trinajstić information content (AvgIpc) is 3.35. The first-order valence-electron chi connectivity index (χ1n) is 10.5. The summed E-state index contributed by atoms with van der Waals surface area (Å²) in [5, 5.41) is 7.41. The van der Waals surface area contributed by atoms with Crippen LogP contribution in [0.25, 0.3) is 0 Å². The second-order valence-electron chi connectivity index (χ2n) is 7.70. The SMILES string of the molecule is CCNC(=NCc1c(C)noc1C)N1CCN(C(C)C(=O)N2CCCC2)CC1.I. The van der Waals surface area contributed by atoms with Crippen LogP contribution in [0.15, 0.2) is 9.52 Å². The Hall–Kier alpha value is -1.36. The van der Waals surface area contributed by atoms with E-state index in [1.165, 1.54) is 0 Å². The second kappa shape index (κ2) is 11.1. The van der Waals surface area contributed by atoms with Gasteiger partial charge in [-0.1, -0.05) is 5.16 Å². The number of carbonyl (C=O) groups excluding carboxylic acids is 1. The van der Waals surface area contributed by atoms with E-state index in [9.17, 15) is 4.79 Å². The highest BCUT2D eigenvalue weighted by Crippen LogP contribution is 2.15. The summed E-state index contributed by atoms with van der Waals surface area (Å²) in [5.74, 6) is 2.03. The molecule has 8 nitrogen and oxygen atoms in total. The van der Waals surface area contributed by atoms with Crippen molar-refractivity contribution in [2.45, 2.75) is 53.1 Å². The lowest BCUT2D eigenvalue weighted by atomic mass is 10.2. The normalized spacial score (nSPS) is 19.2. The summed E-state index contributed by atoms with van der Waals surface area (Å²) in [6.07, 6.45) is 2.28. The molecule has 1 aromatic rings. The molecule has 0 saturated carbocycles. The van der Waals surface area contributed by atoms with E-state index in [0.717, 1.165) is 81.6 Å². The lowest BCUT2D eigenvalue weighted by Crippen LogP contribution is -2.57. The molecule has 0 aromatic carbocycles. The smallest absolute Gasteiger partial charge is 0.239 e. The second-order valence-corrected chi connectivity index (χ2v) is 7.70. The zero-order valence-corrected chi connectivity index (χ0v) is 20.4. The Kier molecular flexibility index (Phi) is 9.19. The van der Waals surface area contributed by atoms with E-state index in [1.54, 1.807) is 0 Å². The average molecular weight is 518 g/mol. The summed E-state index contributed by atoms with van der Waals surface area (Å²) in [5.41, 5.74) is 1.95. The van der Waals surface area contributed by atoms with Crippen LogP contribution in [0.4, 0.5) is 0 Å². The standard InChI is InChI=1S/C20H34N6O2.HI/c1-5-21-20(22-14-18-15(2)23-28-17(18)4)26-12-10-24(11-13-26)16(3)19(27)25-8-6-7-9-25;/h16H,5-14H2,1-4H3,(H,21,22);1H. The number of carbonyl (C=O) groups is 1. The maximum absolute atomic E-state index is 12.7. The molecule has 29 heavy (non-hydrogen) atoms. The zero-order chi connectivity index (χ0) is 20.1. The molecule has 1 aromatic heterocycles. The lowest BCUT2D eigenvalue weighted by Gasteiger charge is -2.39. The largest absolute Gasteiger partial charge is 0.361 e. The maximum Gasteiger partial charge on any atom is 0.239 e. The van der Waals surface area contributed by atoms with Gasteiger partial charge in [0.2, 0.25) is 5.91 Å². The highest BCUT2D eigenvalue weighted by molar-refractivity contribution is 14.0. The van der Waals surface area contributed by atoms with Crippen LogP contribution in [0.5, 0.6) is 0 Å². The zero-order valence-electron chi connectivity index (χ0n) is 18.1. The van der Waals surface area contributed by atoms with E-state index in [0.29, 0.717) is 6.54 Å². The molecule has 1 amide bonds. The number of piperazine rings is 1. The van der Waals surface area contributed by atoms with Crippen molar-refractivity contribution in [1.82, 2.24) is 25.2 Å². The van der Waals surface area contributed by atoms with E-state index < -0.39 is 0 Å². The minimum absolute atomic E-state index is 0. The Morgan fingerprint density at radius 2 is 1.79 bits per heavy atom. The topological polar surface area (TPSA) is 77.2 Å². The molecule has 1 unspecified atom stereocenters. The van der Waals surface area contributed by atoms with Crippen molar-refractivity contribution in [1.29, 1.82) is 0 Å². The van der Waals surface area contributed by atoms with Crippen LogP contribution < -0.4 is 5.32 Å². The van der Waals surface area contributed by atoms with Crippen molar-refractivity contribution in [3.63, 3.8) is 0 Å². The molecule has 1 N–H and O–H groups in total. The molecule has 0 bridgehead atoms. The number of nitrogens with zero attached hydrogens (tertiary/aromatic N) is 5. The number of aromatic nitrogens is 1. The summed E-state index contributed by atoms with van der Waals surface area (Å²) >= 11 is 0. The third-order valence-corrected chi connectivity index (χ3v) is 5.84. The van der Waals surface area contributed by atoms with Gasteiger partial charge in [0.15, 0.2) is 5.96 Å². The van der Waals surface area contributed by atoms with Gasteiger partial charge in [-0.15, -0.1) is 24.0 Å². The van der Waals surface area contributed by atoms with Crippen LogP contribution in [0.1, 0.15) is 43.7 Å². The fraction of sp³-hybridized carbons (Fsp3) is 0.750. The Morgan fingerprint density at radius 3 is 2.34 bits per heavy atom. The third kappa shape index (κ3) is 5.84. The lowest BCUT2D eigenvalue weighted by molar-refractivity contribution is -0.135. The quantitative estimate of drug-likeness (QED) is 0.365. The number of hydrogen-bond donors (Lipinski definition) is 1. The van der Waals surface area contributed by atoms with Gasteiger partial charge >= 0.3 is 0 Å². The van der Waals surface area contributed by atoms with Crippen molar-refractivity contribution in [2.24, 2.45) is 4.99 Å². The predicted octanol–water partition coefficient (Wildman–Crippen LogP) is 2.00. The van der Waals surface area contributed by atoms with Gasteiger partial charge in [-0.3, -0.25) is 9.69 Å². The minimum Gasteiger partial charge on any atom is -0.361 e. The molecule has 3 heterocycles. The van der Waals surface area contributed by atoms with Crippen molar-refractivity contribution in [3.8, 4) is 0 Å². The molecule has 2 aliphatic rings. The summed E-state index contributed by atoms with van der Waals surface area (Å²) in [4.78, 5) is 24.1. The number of amides is 1. The molecule has 3 rings (SSSR count). The fourth-order valence-electron chi connectivity index (χ4n) is 3.99. The van der Waals surface area contributed by atoms with Gasteiger partial charge in [-0.05, 0) is 40.5 Å². The summed E-state index contributed by atoms with van der Waals surface area (Å²) in [7, 11) is 0. The van der Waals surface area contributed by atoms with Gasteiger partial charge < -0.3 is 19.6 Å². The number of nitrogens with one attached hydrogen (secondary N) is 1. The van der Waals surface area contributed by atoms with E-state index in [2.05, 4.69) is 27.2 Å². The first-order chi connectivity index (χ1) is 13.5. The van der Waals surface area contributed by atoms with Gasteiger partial charge in [0.1, 0.15) is 5.76 Å². The molecule has 0 spiro atoms. The number of rotatable bonds is 5. The minimum atomic E-state index is -0.0397. The molecule has 9 heteroatoms. The van der Waals surface area contributed by atoms with Gasteiger partial charge in [0, 0.05) is 51.4 Å². The molecule has 2 fully saturated rings. The molecule has 1 atom stereocenters. The molecular weight excluding hydrogens is 483 g/mol. The first kappa shape index (κ1) is 23.9. The number of aryl methyl sites for hydroxylation is 2. The van der Waals surface area contributed by atoms with Crippen LogP contribution in [0.2, 0.25) is 0 Å². The van der Waals surface area contributed by atoms with Crippen LogP contribution in [0, 0.1) is 13.8 Å². The number of guanidine groups is 1. The van der Waals surface area contributed by atoms with Crippen molar-refractivity contribution in [3.05, 3.63) is 17.0 Å². The maximum atomic E-state index is 12.7. The van der Waals surface area contributed by atoms with Crippen molar-refractivity contribution < 1.29 is 9.32 Å². The van der Waals surface area contributed by atoms with E-state index in [-0.39, 0.29) is 35.9 Å². The van der Waals surface area contributed by atoms with Crippen LogP contribution in [-0.2, 0) is 11.3 Å². The van der Waals surface area contributed by atoms with Gasteiger partial charge in [0.05, 0.1) is 18.3 Å².